The number of piperidine rings is 1. The Balaban J connectivity index is 1.49. The maximum Gasteiger partial charge on any atom is 0.246 e. The van der Waals surface area contributed by atoms with Gasteiger partial charge in [-0.25, -0.2) is 0 Å². The summed E-state index contributed by atoms with van der Waals surface area (Å²) in [5.41, 5.74) is 0.642. The number of hydrogen-bond donors (Lipinski definition) is 2. The summed E-state index contributed by atoms with van der Waals surface area (Å²) in [5.74, 6) is 1.13. The molecule has 7 nitrogen and oxygen atoms in total. The van der Waals surface area contributed by atoms with Crippen LogP contribution in [0.2, 0.25) is 0 Å². The molecule has 2 N–H and O–H groups in total. The van der Waals surface area contributed by atoms with Gasteiger partial charge < -0.3 is 20.1 Å². The first kappa shape index (κ1) is 20.8. The summed E-state index contributed by atoms with van der Waals surface area (Å²) in [6, 6.07) is 17.0. The number of benzene rings is 2. The summed E-state index contributed by atoms with van der Waals surface area (Å²) in [4.78, 5) is 26.2. The molecule has 1 fully saturated rings. The molecule has 0 aliphatic carbocycles. The van der Waals surface area contributed by atoms with Crippen molar-refractivity contribution in [1.29, 1.82) is 0 Å². The quantitative estimate of drug-likeness (QED) is 0.716. The van der Waals surface area contributed by atoms with Gasteiger partial charge in [-0.1, -0.05) is 30.3 Å². The topological polar surface area (TPSA) is 79.9 Å². The highest BCUT2D eigenvalue weighted by atomic mass is 16.5. The Kier molecular flexibility index (Phi) is 7.61. The van der Waals surface area contributed by atoms with Crippen LogP contribution in [0, 0.1) is 0 Å². The molecule has 154 valence electrons. The van der Waals surface area contributed by atoms with Crippen LogP contribution in [0.15, 0.2) is 54.6 Å². The highest BCUT2D eigenvalue weighted by Gasteiger charge is 2.22. The first-order valence-corrected chi connectivity index (χ1v) is 9.76. The van der Waals surface area contributed by atoms with Crippen LogP contribution in [0.3, 0.4) is 0 Å². The number of carbonyl (C=O) groups is 2. The minimum atomic E-state index is -0.0984. The van der Waals surface area contributed by atoms with Gasteiger partial charge in [-0.2, -0.15) is 0 Å². The van der Waals surface area contributed by atoms with Crippen molar-refractivity contribution >= 4 is 17.5 Å². The first-order valence-electron chi connectivity index (χ1n) is 9.76. The molecule has 0 unspecified atom stereocenters. The van der Waals surface area contributed by atoms with E-state index in [0.717, 1.165) is 25.9 Å². The number of anilines is 1. The summed E-state index contributed by atoms with van der Waals surface area (Å²) in [5, 5.41) is 5.90. The lowest BCUT2D eigenvalue weighted by molar-refractivity contribution is -0.126. The lowest BCUT2D eigenvalue weighted by atomic mass is 10.1. The van der Waals surface area contributed by atoms with Crippen LogP contribution in [0.25, 0.3) is 0 Å². The lowest BCUT2D eigenvalue weighted by Crippen LogP contribution is -2.47. The second-order valence-electron chi connectivity index (χ2n) is 7.01. The van der Waals surface area contributed by atoms with E-state index in [4.69, 9.17) is 9.47 Å². The third kappa shape index (κ3) is 6.58. The molecule has 0 bridgehead atoms. The maximum atomic E-state index is 12.5. The van der Waals surface area contributed by atoms with E-state index in [0.29, 0.717) is 23.7 Å². The number of hydrogen-bond acceptors (Lipinski definition) is 5. The van der Waals surface area contributed by atoms with Crippen molar-refractivity contribution in [2.45, 2.75) is 18.9 Å². The van der Waals surface area contributed by atoms with Crippen molar-refractivity contribution < 1.29 is 19.1 Å². The van der Waals surface area contributed by atoms with Gasteiger partial charge in [-0.3, -0.25) is 14.5 Å². The fourth-order valence-electron chi connectivity index (χ4n) is 3.30. The molecule has 0 atom stereocenters. The third-order valence-electron chi connectivity index (χ3n) is 4.73. The minimum absolute atomic E-state index is 0.0765. The number of methoxy groups -OCH3 is 1. The average Bonchev–Trinajstić information content (AvgIpc) is 2.72. The molecular formula is C22H27N3O4. The van der Waals surface area contributed by atoms with E-state index in [2.05, 4.69) is 15.5 Å². The van der Waals surface area contributed by atoms with Gasteiger partial charge in [-0.15, -0.1) is 0 Å². The zero-order valence-electron chi connectivity index (χ0n) is 16.6. The van der Waals surface area contributed by atoms with Crippen LogP contribution in [0.1, 0.15) is 12.8 Å². The average molecular weight is 397 g/mol. The van der Waals surface area contributed by atoms with E-state index in [1.165, 1.54) is 7.11 Å². The summed E-state index contributed by atoms with van der Waals surface area (Å²) in [6.45, 7) is 1.90. The Labute approximate surface area is 171 Å². The number of para-hydroxylation sites is 3. The Morgan fingerprint density at radius 3 is 2.41 bits per heavy atom. The van der Waals surface area contributed by atoms with Crippen LogP contribution in [0.4, 0.5) is 5.69 Å². The van der Waals surface area contributed by atoms with Crippen LogP contribution < -0.4 is 15.4 Å². The second-order valence-corrected chi connectivity index (χ2v) is 7.01. The van der Waals surface area contributed by atoms with Crippen LogP contribution in [-0.2, 0) is 14.3 Å². The van der Waals surface area contributed by atoms with E-state index < -0.39 is 0 Å². The Bertz CT molecular complexity index is 805. The highest BCUT2D eigenvalue weighted by Crippen LogP contribution is 2.29. The number of rotatable bonds is 8. The van der Waals surface area contributed by atoms with Gasteiger partial charge in [-0.05, 0) is 37.1 Å². The van der Waals surface area contributed by atoms with E-state index in [9.17, 15) is 9.59 Å². The van der Waals surface area contributed by atoms with E-state index >= 15 is 0 Å². The predicted molar refractivity (Wildman–Crippen MR) is 111 cm³/mol. The van der Waals surface area contributed by atoms with Crippen LogP contribution in [0.5, 0.6) is 11.5 Å². The minimum Gasteiger partial charge on any atom is -0.455 e. The van der Waals surface area contributed by atoms with E-state index in [1.807, 2.05) is 54.6 Å². The third-order valence-corrected chi connectivity index (χ3v) is 4.73. The molecule has 29 heavy (non-hydrogen) atoms. The fraction of sp³-hybridized carbons (Fsp3) is 0.364. The maximum absolute atomic E-state index is 12.5. The largest absolute Gasteiger partial charge is 0.455 e. The van der Waals surface area contributed by atoms with Gasteiger partial charge >= 0.3 is 0 Å². The fourth-order valence-corrected chi connectivity index (χ4v) is 3.30. The number of nitrogens with zero attached hydrogens (tertiary/aromatic N) is 1. The van der Waals surface area contributed by atoms with Crippen molar-refractivity contribution in [2.24, 2.45) is 0 Å². The predicted octanol–water partition coefficient (Wildman–Crippen LogP) is 2.64. The normalized spacial score (nSPS) is 14.9. The van der Waals surface area contributed by atoms with E-state index in [1.54, 1.807) is 0 Å². The van der Waals surface area contributed by atoms with Crippen LogP contribution >= 0.6 is 0 Å². The van der Waals surface area contributed by atoms with E-state index in [-0.39, 0.29) is 24.5 Å². The SMILES string of the molecule is COCC(=O)NC1CCN(CC(=O)Nc2ccccc2Oc2ccccc2)CC1. The molecule has 1 heterocycles. The zero-order chi connectivity index (χ0) is 20.5. The van der Waals surface area contributed by atoms with Crippen molar-refractivity contribution in [1.82, 2.24) is 10.2 Å². The van der Waals surface area contributed by atoms with Crippen LogP contribution in [-0.4, -0.2) is 56.1 Å². The summed E-state index contributed by atoms with van der Waals surface area (Å²) < 4.78 is 10.7. The number of amides is 2. The Morgan fingerprint density at radius 1 is 1.00 bits per heavy atom. The van der Waals surface area contributed by atoms with Gasteiger partial charge in [0.15, 0.2) is 5.75 Å². The molecule has 3 rings (SSSR count). The smallest absolute Gasteiger partial charge is 0.246 e. The molecule has 1 aliphatic heterocycles. The summed E-state index contributed by atoms with van der Waals surface area (Å²) in [7, 11) is 1.50. The molecule has 2 amide bonds. The molecule has 1 saturated heterocycles. The van der Waals surface area contributed by atoms with Gasteiger partial charge in [0.25, 0.3) is 0 Å². The van der Waals surface area contributed by atoms with Gasteiger partial charge in [0.1, 0.15) is 12.4 Å². The highest BCUT2D eigenvalue weighted by molar-refractivity contribution is 5.93. The number of likely N-dealkylation sites (tertiary alicyclic amines) is 1. The molecule has 0 spiro atoms. The number of carbonyl (C=O) groups excluding carboxylic acids is 2. The molecular weight excluding hydrogens is 370 g/mol. The van der Waals surface area contributed by atoms with Crippen molar-refractivity contribution in [3.63, 3.8) is 0 Å². The van der Waals surface area contributed by atoms with Crippen molar-refractivity contribution in [3.05, 3.63) is 54.6 Å². The van der Waals surface area contributed by atoms with Gasteiger partial charge in [0.2, 0.25) is 11.8 Å². The summed E-state index contributed by atoms with van der Waals surface area (Å²) >= 11 is 0. The summed E-state index contributed by atoms with van der Waals surface area (Å²) in [6.07, 6.45) is 1.63. The standard InChI is InChI=1S/C22H27N3O4/c1-28-16-22(27)23-17-11-13-25(14-12-17)15-21(26)24-19-9-5-6-10-20(19)29-18-7-3-2-4-8-18/h2-10,17H,11-16H2,1H3,(H,23,27)(H,24,26). The first-order chi connectivity index (χ1) is 14.1. The van der Waals surface area contributed by atoms with Crippen molar-refractivity contribution in [2.75, 3.05) is 38.7 Å². The molecule has 1 aliphatic rings. The Morgan fingerprint density at radius 2 is 1.69 bits per heavy atom. The molecule has 7 heteroatoms. The molecule has 0 aromatic heterocycles. The second kappa shape index (κ2) is 10.6. The lowest BCUT2D eigenvalue weighted by Gasteiger charge is -2.31. The molecule has 0 radical (unpaired) electrons. The number of nitrogens with one attached hydrogen (secondary N) is 2. The van der Waals surface area contributed by atoms with Gasteiger partial charge in [0.05, 0.1) is 12.2 Å². The number of ether oxygens (including phenoxy) is 2. The zero-order valence-corrected chi connectivity index (χ0v) is 16.6. The van der Waals surface area contributed by atoms with Crippen molar-refractivity contribution in [3.8, 4) is 11.5 Å². The Hall–Kier alpha value is -2.90. The monoisotopic (exact) mass is 397 g/mol. The molecule has 2 aromatic rings. The van der Waals surface area contributed by atoms with Gasteiger partial charge in [0, 0.05) is 26.2 Å². The molecule has 0 saturated carbocycles. The molecule has 2 aromatic carbocycles.